The number of aromatic nitrogens is 1. The van der Waals surface area contributed by atoms with Gasteiger partial charge in [-0.3, -0.25) is 0 Å². The van der Waals surface area contributed by atoms with Crippen molar-refractivity contribution in [1.29, 1.82) is 5.26 Å². The Hall–Kier alpha value is -1.80. The smallest absolute Gasteiger partial charge is 0.165 e. The van der Waals surface area contributed by atoms with Crippen LogP contribution in [0.3, 0.4) is 0 Å². The highest BCUT2D eigenvalue weighted by Crippen LogP contribution is 2.17. The van der Waals surface area contributed by atoms with Crippen molar-refractivity contribution in [3.05, 3.63) is 17.8 Å². The number of nitrogens with zero attached hydrogens (tertiary/aromatic N) is 3. The molecule has 0 aliphatic heterocycles. The van der Waals surface area contributed by atoms with Crippen LogP contribution in [0.4, 0.5) is 11.5 Å². The van der Waals surface area contributed by atoms with Gasteiger partial charge >= 0.3 is 0 Å². The molecule has 0 amide bonds. The van der Waals surface area contributed by atoms with Gasteiger partial charge in [-0.1, -0.05) is 0 Å². The van der Waals surface area contributed by atoms with Gasteiger partial charge in [0, 0.05) is 12.6 Å². The third-order valence-corrected chi connectivity index (χ3v) is 2.28. The number of aliphatic hydroxyl groups is 1. The normalized spacial score (nSPS) is 10.2. The van der Waals surface area contributed by atoms with E-state index in [1.807, 2.05) is 24.8 Å². The number of hydrogen-bond donors (Lipinski definition) is 2. The third-order valence-electron chi connectivity index (χ3n) is 2.28. The first kappa shape index (κ1) is 12.3. The van der Waals surface area contributed by atoms with E-state index in [9.17, 15) is 0 Å². The number of nitriles is 1. The number of aliphatic hydroxyl groups excluding tert-OH is 1. The van der Waals surface area contributed by atoms with Crippen molar-refractivity contribution in [2.75, 3.05) is 23.8 Å². The van der Waals surface area contributed by atoms with E-state index in [1.165, 1.54) is 0 Å². The molecule has 5 nitrogen and oxygen atoms in total. The minimum Gasteiger partial charge on any atom is -0.396 e. The van der Waals surface area contributed by atoms with Crippen molar-refractivity contribution in [3.63, 3.8) is 0 Å². The molecular formula is C11H16N4O. The van der Waals surface area contributed by atoms with Crippen molar-refractivity contribution in [3.8, 4) is 6.07 Å². The van der Waals surface area contributed by atoms with E-state index in [0.29, 0.717) is 18.1 Å². The quantitative estimate of drug-likeness (QED) is 0.781. The molecule has 0 atom stereocenters. The lowest BCUT2D eigenvalue weighted by molar-refractivity contribution is 0.298. The molecular weight excluding hydrogens is 204 g/mol. The summed E-state index contributed by atoms with van der Waals surface area (Å²) in [6.07, 6.45) is 0. The molecule has 0 bridgehead atoms. The summed E-state index contributed by atoms with van der Waals surface area (Å²) in [5, 5.41) is 17.8. The lowest BCUT2D eigenvalue weighted by Gasteiger charge is -2.27. The van der Waals surface area contributed by atoms with Crippen molar-refractivity contribution >= 4 is 11.5 Å². The van der Waals surface area contributed by atoms with Gasteiger partial charge in [0.2, 0.25) is 0 Å². The second-order valence-electron chi connectivity index (χ2n) is 3.73. The standard InChI is InChI=1S/C11H16N4O/c1-8(2)15(5-6-16)11-4-3-9(13)10(7-12)14-11/h3-4,8,16H,5-6,13H2,1-2H3. The SMILES string of the molecule is CC(C)N(CCO)c1ccc(N)c(C#N)n1. The predicted octanol–water partition coefficient (Wildman–Crippen LogP) is 0.743. The lowest BCUT2D eigenvalue weighted by atomic mass is 10.2. The van der Waals surface area contributed by atoms with Crippen molar-refractivity contribution in [1.82, 2.24) is 4.98 Å². The zero-order valence-electron chi connectivity index (χ0n) is 9.51. The molecule has 0 spiro atoms. The number of nitrogens with two attached hydrogens (primary N) is 1. The summed E-state index contributed by atoms with van der Waals surface area (Å²) in [4.78, 5) is 6.08. The molecule has 1 aromatic heterocycles. The Morgan fingerprint density at radius 3 is 2.75 bits per heavy atom. The lowest BCUT2D eigenvalue weighted by Crippen LogP contribution is -2.34. The van der Waals surface area contributed by atoms with E-state index in [1.54, 1.807) is 12.1 Å². The maximum absolute atomic E-state index is 8.97. The fourth-order valence-corrected chi connectivity index (χ4v) is 1.45. The molecule has 5 heteroatoms. The maximum atomic E-state index is 8.97. The van der Waals surface area contributed by atoms with E-state index >= 15 is 0 Å². The van der Waals surface area contributed by atoms with Crippen molar-refractivity contribution in [2.24, 2.45) is 0 Å². The zero-order valence-corrected chi connectivity index (χ0v) is 9.51. The molecule has 3 N–H and O–H groups in total. The van der Waals surface area contributed by atoms with Gasteiger partial charge in [-0.25, -0.2) is 4.98 Å². The summed E-state index contributed by atoms with van der Waals surface area (Å²) in [6.45, 7) is 4.53. The largest absolute Gasteiger partial charge is 0.396 e. The molecule has 16 heavy (non-hydrogen) atoms. The average Bonchev–Trinajstić information content (AvgIpc) is 2.26. The summed E-state index contributed by atoms with van der Waals surface area (Å²) >= 11 is 0. The fourth-order valence-electron chi connectivity index (χ4n) is 1.45. The number of hydrogen-bond acceptors (Lipinski definition) is 5. The van der Waals surface area contributed by atoms with E-state index in [-0.39, 0.29) is 18.3 Å². The van der Waals surface area contributed by atoms with Crippen LogP contribution in [-0.4, -0.2) is 29.3 Å². The van der Waals surface area contributed by atoms with Crippen LogP contribution in [0.5, 0.6) is 0 Å². The van der Waals surface area contributed by atoms with Crippen LogP contribution in [-0.2, 0) is 0 Å². The minimum absolute atomic E-state index is 0.0477. The molecule has 1 rings (SSSR count). The maximum Gasteiger partial charge on any atom is 0.165 e. The molecule has 0 radical (unpaired) electrons. The highest BCUT2D eigenvalue weighted by Gasteiger charge is 2.12. The van der Waals surface area contributed by atoms with Crippen molar-refractivity contribution < 1.29 is 5.11 Å². The van der Waals surface area contributed by atoms with Crippen LogP contribution in [0.1, 0.15) is 19.5 Å². The average molecular weight is 220 g/mol. The van der Waals surface area contributed by atoms with Gasteiger partial charge in [0.25, 0.3) is 0 Å². The summed E-state index contributed by atoms with van der Waals surface area (Å²) in [6, 6.07) is 5.57. The van der Waals surface area contributed by atoms with Crippen LogP contribution in [0.15, 0.2) is 12.1 Å². The Kier molecular flexibility index (Phi) is 4.09. The van der Waals surface area contributed by atoms with Crippen LogP contribution in [0, 0.1) is 11.3 Å². The number of nitrogen functional groups attached to an aromatic ring is 1. The molecule has 0 unspecified atom stereocenters. The van der Waals surface area contributed by atoms with Crippen LogP contribution in [0.2, 0.25) is 0 Å². The molecule has 1 heterocycles. The van der Waals surface area contributed by atoms with E-state index < -0.39 is 0 Å². The number of rotatable bonds is 4. The van der Waals surface area contributed by atoms with Gasteiger partial charge in [0.15, 0.2) is 5.69 Å². The minimum atomic E-state index is 0.0477. The van der Waals surface area contributed by atoms with Crippen LogP contribution < -0.4 is 10.6 Å². The molecule has 86 valence electrons. The summed E-state index contributed by atoms with van der Waals surface area (Å²) in [5.74, 6) is 0.662. The van der Waals surface area contributed by atoms with Gasteiger partial charge in [-0.15, -0.1) is 0 Å². The van der Waals surface area contributed by atoms with Gasteiger partial charge in [-0.2, -0.15) is 5.26 Å². The third kappa shape index (κ3) is 2.61. The summed E-state index contributed by atoms with van der Waals surface area (Å²) in [5.41, 5.74) is 6.19. The second kappa shape index (κ2) is 5.33. The van der Waals surface area contributed by atoms with E-state index in [4.69, 9.17) is 16.1 Å². The monoisotopic (exact) mass is 220 g/mol. The van der Waals surface area contributed by atoms with Crippen LogP contribution >= 0.6 is 0 Å². The van der Waals surface area contributed by atoms with Gasteiger partial charge in [0.1, 0.15) is 11.9 Å². The molecule has 0 saturated heterocycles. The van der Waals surface area contributed by atoms with E-state index in [2.05, 4.69) is 4.98 Å². The van der Waals surface area contributed by atoms with Crippen LogP contribution in [0.25, 0.3) is 0 Å². The molecule has 0 fully saturated rings. The van der Waals surface area contributed by atoms with Gasteiger partial charge in [0.05, 0.1) is 12.3 Å². The Bertz CT molecular complexity index is 397. The first-order valence-electron chi connectivity index (χ1n) is 5.14. The molecule has 0 aliphatic rings. The predicted molar refractivity (Wildman–Crippen MR) is 62.9 cm³/mol. The zero-order chi connectivity index (χ0) is 12.1. The molecule has 1 aromatic rings. The number of pyridine rings is 1. The Labute approximate surface area is 95.1 Å². The molecule has 0 aliphatic carbocycles. The first-order valence-corrected chi connectivity index (χ1v) is 5.14. The first-order chi connectivity index (χ1) is 7.60. The topological polar surface area (TPSA) is 86.2 Å². The fraction of sp³-hybridized carbons (Fsp3) is 0.455. The summed E-state index contributed by atoms with van der Waals surface area (Å²) in [7, 11) is 0. The highest BCUT2D eigenvalue weighted by molar-refractivity contribution is 5.55. The molecule has 0 aromatic carbocycles. The molecule has 0 saturated carbocycles. The Morgan fingerprint density at radius 1 is 1.56 bits per heavy atom. The van der Waals surface area contributed by atoms with Gasteiger partial charge < -0.3 is 15.7 Å². The van der Waals surface area contributed by atoms with Crippen molar-refractivity contribution in [2.45, 2.75) is 19.9 Å². The van der Waals surface area contributed by atoms with Gasteiger partial charge in [-0.05, 0) is 26.0 Å². The summed E-state index contributed by atoms with van der Waals surface area (Å²) < 4.78 is 0. The van der Waals surface area contributed by atoms with E-state index in [0.717, 1.165) is 0 Å². The Balaban J connectivity index is 3.06. The Morgan fingerprint density at radius 2 is 2.25 bits per heavy atom. The highest BCUT2D eigenvalue weighted by atomic mass is 16.3. The second-order valence-corrected chi connectivity index (χ2v) is 3.73. The number of anilines is 2.